The highest BCUT2D eigenvalue weighted by atomic mass is 127. The van der Waals surface area contributed by atoms with Crippen molar-refractivity contribution in [3.8, 4) is 0 Å². The Kier molecular flexibility index (Phi) is 7.93. The molecule has 1 atom stereocenters. The highest BCUT2D eigenvalue weighted by molar-refractivity contribution is 14.0. The van der Waals surface area contributed by atoms with Gasteiger partial charge in [0, 0.05) is 11.6 Å². The second kappa shape index (κ2) is 8.93. The SMILES string of the molecule is CCNC(=NCC1(O)CCC1)NC(C)c1ccccc1Cl.I. The van der Waals surface area contributed by atoms with Crippen molar-refractivity contribution in [3.63, 3.8) is 0 Å². The zero-order chi connectivity index (χ0) is 15.3. The number of aliphatic hydroxyl groups is 1. The van der Waals surface area contributed by atoms with E-state index < -0.39 is 5.60 Å². The molecule has 1 fully saturated rings. The molecular formula is C16H25ClIN3O. The van der Waals surface area contributed by atoms with Crippen LogP contribution in [0.15, 0.2) is 29.3 Å². The van der Waals surface area contributed by atoms with Crippen LogP contribution in [0.4, 0.5) is 0 Å². The van der Waals surface area contributed by atoms with Crippen LogP contribution in [0.3, 0.4) is 0 Å². The van der Waals surface area contributed by atoms with Crippen molar-refractivity contribution in [2.24, 2.45) is 4.99 Å². The van der Waals surface area contributed by atoms with E-state index in [0.29, 0.717) is 12.5 Å². The summed E-state index contributed by atoms with van der Waals surface area (Å²) in [7, 11) is 0. The van der Waals surface area contributed by atoms with Gasteiger partial charge in [-0.2, -0.15) is 0 Å². The summed E-state index contributed by atoms with van der Waals surface area (Å²) in [5.74, 6) is 0.713. The van der Waals surface area contributed by atoms with Crippen molar-refractivity contribution in [1.29, 1.82) is 0 Å². The van der Waals surface area contributed by atoms with Gasteiger partial charge in [-0.25, -0.2) is 0 Å². The lowest BCUT2D eigenvalue weighted by atomic mass is 9.80. The van der Waals surface area contributed by atoms with Crippen LogP contribution in [-0.2, 0) is 0 Å². The number of halogens is 2. The summed E-state index contributed by atoms with van der Waals surface area (Å²) in [4.78, 5) is 4.50. The average molecular weight is 438 g/mol. The molecule has 0 spiro atoms. The Morgan fingerprint density at radius 3 is 2.64 bits per heavy atom. The Morgan fingerprint density at radius 1 is 1.41 bits per heavy atom. The fraction of sp³-hybridized carbons (Fsp3) is 0.562. The zero-order valence-corrected chi connectivity index (χ0v) is 16.2. The van der Waals surface area contributed by atoms with Crippen molar-refractivity contribution in [3.05, 3.63) is 34.9 Å². The first-order valence-corrected chi connectivity index (χ1v) is 7.93. The summed E-state index contributed by atoms with van der Waals surface area (Å²) in [5, 5.41) is 17.4. The highest BCUT2D eigenvalue weighted by Crippen LogP contribution is 2.31. The molecule has 1 aromatic carbocycles. The summed E-state index contributed by atoms with van der Waals surface area (Å²) in [6, 6.07) is 7.83. The standard InChI is InChI=1S/C16H24ClN3O.HI/c1-3-18-15(19-11-16(21)9-6-10-16)20-12(2)13-7-4-5-8-14(13)17;/h4-5,7-8,12,21H,3,6,9-11H2,1-2H3,(H2,18,19,20);1H. The molecule has 4 nitrogen and oxygen atoms in total. The second-order valence-electron chi connectivity index (χ2n) is 5.66. The summed E-state index contributed by atoms with van der Waals surface area (Å²) in [6.07, 6.45) is 2.78. The first kappa shape index (κ1) is 19.5. The molecule has 0 aliphatic heterocycles. The molecule has 22 heavy (non-hydrogen) atoms. The van der Waals surface area contributed by atoms with Gasteiger partial charge in [0.15, 0.2) is 5.96 Å². The van der Waals surface area contributed by atoms with E-state index in [-0.39, 0.29) is 30.0 Å². The number of hydrogen-bond donors (Lipinski definition) is 3. The second-order valence-corrected chi connectivity index (χ2v) is 6.07. The van der Waals surface area contributed by atoms with Crippen LogP contribution in [0, 0.1) is 0 Å². The monoisotopic (exact) mass is 437 g/mol. The van der Waals surface area contributed by atoms with Gasteiger partial charge in [-0.05, 0) is 44.7 Å². The minimum absolute atomic E-state index is 0. The number of nitrogens with zero attached hydrogens (tertiary/aromatic N) is 1. The number of guanidine groups is 1. The molecule has 124 valence electrons. The van der Waals surface area contributed by atoms with Crippen molar-refractivity contribution in [2.45, 2.75) is 44.8 Å². The van der Waals surface area contributed by atoms with E-state index in [2.05, 4.69) is 15.6 Å². The van der Waals surface area contributed by atoms with Gasteiger partial charge in [0.25, 0.3) is 0 Å². The van der Waals surface area contributed by atoms with Gasteiger partial charge in [-0.1, -0.05) is 29.8 Å². The maximum atomic E-state index is 10.1. The molecule has 1 unspecified atom stereocenters. The fourth-order valence-corrected chi connectivity index (χ4v) is 2.70. The minimum atomic E-state index is -0.601. The predicted octanol–water partition coefficient (Wildman–Crippen LogP) is 3.49. The molecule has 1 aliphatic carbocycles. The Hall–Kier alpha value is -0.530. The first-order chi connectivity index (χ1) is 10.0. The number of rotatable bonds is 5. The molecule has 1 saturated carbocycles. The maximum Gasteiger partial charge on any atom is 0.191 e. The van der Waals surface area contributed by atoms with E-state index in [1.165, 1.54) is 0 Å². The third kappa shape index (κ3) is 5.28. The molecular weight excluding hydrogens is 413 g/mol. The van der Waals surface area contributed by atoms with E-state index in [1.54, 1.807) is 0 Å². The molecule has 0 bridgehead atoms. The van der Waals surface area contributed by atoms with Crippen LogP contribution in [-0.4, -0.2) is 29.8 Å². The quantitative estimate of drug-likeness (QED) is 0.375. The topological polar surface area (TPSA) is 56.7 Å². The van der Waals surface area contributed by atoms with Crippen molar-refractivity contribution >= 4 is 41.5 Å². The van der Waals surface area contributed by atoms with E-state index in [9.17, 15) is 5.11 Å². The van der Waals surface area contributed by atoms with E-state index in [1.807, 2.05) is 38.1 Å². The number of aliphatic imine (C=N–C) groups is 1. The molecule has 1 aliphatic rings. The van der Waals surface area contributed by atoms with Gasteiger partial charge in [0.05, 0.1) is 18.2 Å². The number of benzene rings is 1. The van der Waals surface area contributed by atoms with Crippen molar-refractivity contribution in [2.75, 3.05) is 13.1 Å². The molecule has 0 saturated heterocycles. The van der Waals surface area contributed by atoms with Gasteiger partial charge in [0.2, 0.25) is 0 Å². The number of nitrogens with one attached hydrogen (secondary N) is 2. The zero-order valence-electron chi connectivity index (χ0n) is 13.1. The smallest absolute Gasteiger partial charge is 0.191 e. The molecule has 3 N–H and O–H groups in total. The normalized spacial score (nSPS) is 17.9. The predicted molar refractivity (Wildman–Crippen MR) is 103 cm³/mol. The van der Waals surface area contributed by atoms with E-state index in [4.69, 9.17) is 11.6 Å². The van der Waals surface area contributed by atoms with Crippen molar-refractivity contribution < 1.29 is 5.11 Å². The lowest BCUT2D eigenvalue weighted by Crippen LogP contribution is -2.43. The third-order valence-electron chi connectivity index (χ3n) is 3.88. The lowest BCUT2D eigenvalue weighted by molar-refractivity contribution is -0.0236. The largest absolute Gasteiger partial charge is 0.388 e. The third-order valence-corrected chi connectivity index (χ3v) is 4.23. The Bertz CT molecular complexity index is 506. The molecule has 0 aromatic heterocycles. The number of hydrogen-bond acceptors (Lipinski definition) is 2. The Balaban J connectivity index is 0.00000242. The summed E-state index contributed by atoms with van der Waals surface area (Å²) in [5.41, 5.74) is 0.433. The van der Waals surface area contributed by atoms with Gasteiger partial charge >= 0.3 is 0 Å². The van der Waals surface area contributed by atoms with Gasteiger partial charge in [-0.15, -0.1) is 24.0 Å². The van der Waals surface area contributed by atoms with Crippen LogP contribution in [0.25, 0.3) is 0 Å². The average Bonchev–Trinajstić information content (AvgIpc) is 2.43. The van der Waals surface area contributed by atoms with Crippen LogP contribution in [0.2, 0.25) is 5.02 Å². The molecule has 0 heterocycles. The summed E-state index contributed by atoms with van der Waals surface area (Å²) in [6.45, 7) is 5.29. The van der Waals surface area contributed by atoms with E-state index >= 15 is 0 Å². The summed E-state index contributed by atoms with van der Waals surface area (Å²) < 4.78 is 0. The summed E-state index contributed by atoms with van der Waals surface area (Å²) >= 11 is 6.22. The van der Waals surface area contributed by atoms with Crippen LogP contribution < -0.4 is 10.6 Å². The van der Waals surface area contributed by atoms with Crippen LogP contribution >= 0.6 is 35.6 Å². The van der Waals surface area contributed by atoms with E-state index in [0.717, 1.165) is 36.4 Å². The van der Waals surface area contributed by atoms with Gasteiger partial charge < -0.3 is 15.7 Å². The molecule has 0 radical (unpaired) electrons. The first-order valence-electron chi connectivity index (χ1n) is 7.56. The highest BCUT2D eigenvalue weighted by Gasteiger charge is 2.34. The molecule has 6 heteroatoms. The Labute approximate surface area is 154 Å². The maximum absolute atomic E-state index is 10.1. The molecule has 2 rings (SSSR count). The van der Waals surface area contributed by atoms with Gasteiger partial charge in [0.1, 0.15) is 0 Å². The minimum Gasteiger partial charge on any atom is -0.388 e. The Morgan fingerprint density at radius 2 is 2.09 bits per heavy atom. The van der Waals surface area contributed by atoms with Gasteiger partial charge in [-0.3, -0.25) is 4.99 Å². The molecule has 1 aromatic rings. The lowest BCUT2D eigenvalue weighted by Gasteiger charge is -2.35. The van der Waals surface area contributed by atoms with Crippen LogP contribution in [0.1, 0.15) is 44.7 Å². The van der Waals surface area contributed by atoms with Crippen molar-refractivity contribution in [1.82, 2.24) is 10.6 Å². The fourth-order valence-electron chi connectivity index (χ4n) is 2.40. The molecule has 0 amide bonds. The van der Waals surface area contributed by atoms with Crippen LogP contribution in [0.5, 0.6) is 0 Å².